The van der Waals surface area contributed by atoms with Crippen molar-refractivity contribution in [2.24, 2.45) is 11.8 Å². The molecule has 0 aromatic heterocycles. The van der Waals surface area contributed by atoms with Gasteiger partial charge in [-0.15, -0.1) is 0 Å². The average molecular weight is 284 g/mol. The number of amides is 1. The molecule has 2 unspecified atom stereocenters. The highest BCUT2D eigenvalue weighted by Gasteiger charge is 2.18. The van der Waals surface area contributed by atoms with Gasteiger partial charge in [0.1, 0.15) is 0 Å². The van der Waals surface area contributed by atoms with Crippen LogP contribution in [-0.2, 0) is 9.59 Å². The summed E-state index contributed by atoms with van der Waals surface area (Å²) in [5, 5.41) is 15.0. The zero-order valence-corrected chi connectivity index (χ0v) is 12.7. The largest absolute Gasteiger partial charge is 0.481 e. The quantitative estimate of drug-likeness (QED) is 0.603. The number of nitrogens with one attached hydrogen (secondary N) is 2. The predicted octanol–water partition coefficient (Wildman–Crippen LogP) is 1.77. The van der Waals surface area contributed by atoms with Crippen molar-refractivity contribution < 1.29 is 14.7 Å². The van der Waals surface area contributed by atoms with E-state index in [1.807, 2.05) is 0 Å². The van der Waals surface area contributed by atoms with Crippen molar-refractivity contribution in [3.63, 3.8) is 0 Å². The fourth-order valence-corrected chi connectivity index (χ4v) is 2.74. The van der Waals surface area contributed by atoms with Crippen molar-refractivity contribution in [2.75, 3.05) is 13.1 Å². The van der Waals surface area contributed by atoms with E-state index in [0.29, 0.717) is 37.3 Å². The molecule has 0 saturated carbocycles. The lowest BCUT2D eigenvalue weighted by Gasteiger charge is -2.20. The Morgan fingerprint density at radius 2 is 2.10 bits per heavy atom. The Labute approximate surface area is 121 Å². The highest BCUT2D eigenvalue weighted by molar-refractivity contribution is 5.76. The molecule has 0 aromatic rings. The smallest absolute Gasteiger partial charge is 0.303 e. The molecule has 0 bridgehead atoms. The molecule has 116 valence electrons. The van der Waals surface area contributed by atoms with Crippen LogP contribution in [0.25, 0.3) is 0 Å². The Morgan fingerprint density at radius 1 is 1.35 bits per heavy atom. The second kappa shape index (κ2) is 8.95. The third-order valence-electron chi connectivity index (χ3n) is 4.10. The van der Waals surface area contributed by atoms with E-state index in [-0.39, 0.29) is 12.3 Å². The normalized spacial score (nSPS) is 20.1. The van der Waals surface area contributed by atoms with Crippen LogP contribution in [-0.4, -0.2) is 36.1 Å². The minimum absolute atomic E-state index is 0.102. The number of aliphatic carboxylic acids is 1. The summed E-state index contributed by atoms with van der Waals surface area (Å²) in [6.45, 7) is 5.88. The van der Waals surface area contributed by atoms with Crippen LogP contribution in [0.15, 0.2) is 0 Å². The summed E-state index contributed by atoms with van der Waals surface area (Å²) in [6, 6.07) is 0.336. The van der Waals surface area contributed by atoms with Crippen molar-refractivity contribution in [1.29, 1.82) is 0 Å². The second-order valence-electron chi connectivity index (χ2n) is 6.07. The molecule has 1 heterocycles. The Kier molecular flexibility index (Phi) is 7.59. The van der Waals surface area contributed by atoms with Gasteiger partial charge in [-0.05, 0) is 44.1 Å². The van der Waals surface area contributed by atoms with Gasteiger partial charge in [0.25, 0.3) is 0 Å². The molecule has 3 N–H and O–H groups in total. The maximum atomic E-state index is 11.8. The van der Waals surface area contributed by atoms with Crippen molar-refractivity contribution in [3.8, 4) is 0 Å². The molecule has 0 spiro atoms. The van der Waals surface area contributed by atoms with E-state index in [9.17, 15) is 9.59 Å². The van der Waals surface area contributed by atoms with Gasteiger partial charge in [-0.2, -0.15) is 0 Å². The lowest BCUT2D eigenvalue weighted by Crippen LogP contribution is -2.33. The Hall–Kier alpha value is -1.10. The molecule has 0 aliphatic carbocycles. The van der Waals surface area contributed by atoms with Crippen molar-refractivity contribution in [2.45, 2.75) is 58.4 Å². The SMILES string of the molecule is CC(C)C(CCNC(=O)CC1CCCN1)CCC(=O)O. The van der Waals surface area contributed by atoms with Gasteiger partial charge in [0.2, 0.25) is 5.91 Å². The molecule has 1 aliphatic heterocycles. The Bertz CT molecular complexity index is 312. The number of hydrogen-bond acceptors (Lipinski definition) is 3. The fraction of sp³-hybridized carbons (Fsp3) is 0.867. The van der Waals surface area contributed by atoms with E-state index in [4.69, 9.17) is 5.11 Å². The first-order valence-electron chi connectivity index (χ1n) is 7.71. The minimum atomic E-state index is -0.744. The lowest BCUT2D eigenvalue weighted by molar-refractivity contribution is -0.137. The molecule has 0 radical (unpaired) electrons. The van der Waals surface area contributed by atoms with Gasteiger partial charge in [0.05, 0.1) is 0 Å². The van der Waals surface area contributed by atoms with Gasteiger partial charge in [0.15, 0.2) is 0 Å². The Morgan fingerprint density at radius 3 is 2.65 bits per heavy atom. The van der Waals surface area contributed by atoms with Gasteiger partial charge < -0.3 is 15.7 Å². The zero-order valence-electron chi connectivity index (χ0n) is 12.7. The second-order valence-corrected chi connectivity index (χ2v) is 6.07. The maximum Gasteiger partial charge on any atom is 0.303 e. The number of carboxylic acids is 1. The standard InChI is InChI=1S/C15H28N2O3/c1-11(2)12(5-6-15(19)20)7-9-17-14(18)10-13-4-3-8-16-13/h11-13,16H,3-10H2,1-2H3,(H,17,18)(H,19,20). The van der Waals surface area contributed by atoms with Crippen molar-refractivity contribution >= 4 is 11.9 Å². The molecule has 1 aliphatic rings. The van der Waals surface area contributed by atoms with Gasteiger partial charge in [-0.25, -0.2) is 0 Å². The van der Waals surface area contributed by atoms with E-state index < -0.39 is 5.97 Å². The van der Waals surface area contributed by atoms with E-state index >= 15 is 0 Å². The average Bonchev–Trinajstić information content (AvgIpc) is 2.85. The molecular weight excluding hydrogens is 256 g/mol. The first kappa shape index (κ1) is 17.0. The molecule has 1 saturated heterocycles. The summed E-state index contributed by atoms with van der Waals surface area (Å²) >= 11 is 0. The fourth-order valence-electron chi connectivity index (χ4n) is 2.74. The summed E-state index contributed by atoms with van der Waals surface area (Å²) in [5.41, 5.74) is 0. The zero-order chi connectivity index (χ0) is 15.0. The molecule has 20 heavy (non-hydrogen) atoms. The first-order valence-corrected chi connectivity index (χ1v) is 7.71. The molecular formula is C15H28N2O3. The minimum Gasteiger partial charge on any atom is -0.481 e. The molecule has 5 nitrogen and oxygen atoms in total. The first-order chi connectivity index (χ1) is 9.49. The lowest BCUT2D eigenvalue weighted by atomic mass is 9.88. The molecule has 0 aromatic carbocycles. The van der Waals surface area contributed by atoms with Gasteiger partial charge in [-0.1, -0.05) is 13.8 Å². The van der Waals surface area contributed by atoms with E-state index in [1.165, 1.54) is 0 Å². The molecule has 1 fully saturated rings. The van der Waals surface area contributed by atoms with Crippen molar-refractivity contribution in [3.05, 3.63) is 0 Å². The highest BCUT2D eigenvalue weighted by atomic mass is 16.4. The number of rotatable bonds is 9. The van der Waals surface area contributed by atoms with Gasteiger partial charge in [-0.3, -0.25) is 9.59 Å². The van der Waals surface area contributed by atoms with Crippen LogP contribution in [0.4, 0.5) is 0 Å². The summed E-state index contributed by atoms with van der Waals surface area (Å²) in [6.07, 6.45) is 4.55. The number of carbonyl (C=O) groups is 2. The number of carbonyl (C=O) groups excluding carboxylic acids is 1. The molecule has 1 amide bonds. The van der Waals surface area contributed by atoms with Crippen LogP contribution in [0.2, 0.25) is 0 Å². The predicted molar refractivity (Wildman–Crippen MR) is 78.5 cm³/mol. The highest BCUT2D eigenvalue weighted by Crippen LogP contribution is 2.20. The number of carboxylic acid groups (broad SMARTS) is 1. The molecule has 5 heteroatoms. The summed E-state index contributed by atoms with van der Waals surface area (Å²) in [4.78, 5) is 22.4. The third-order valence-corrected chi connectivity index (χ3v) is 4.10. The molecule has 2 atom stereocenters. The van der Waals surface area contributed by atoms with E-state index in [0.717, 1.165) is 25.8 Å². The number of hydrogen-bond donors (Lipinski definition) is 3. The maximum absolute atomic E-state index is 11.8. The van der Waals surface area contributed by atoms with Crippen molar-refractivity contribution in [1.82, 2.24) is 10.6 Å². The van der Waals surface area contributed by atoms with Gasteiger partial charge in [0, 0.05) is 25.4 Å². The summed E-state index contributed by atoms with van der Waals surface area (Å²) in [5.74, 6) is 0.163. The van der Waals surface area contributed by atoms with Crippen LogP contribution < -0.4 is 10.6 Å². The van der Waals surface area contributed by atoms with Crippen LogP contribution in [0.5, 0.6) is 0 Å². The van der Waals surface area contributed by atoms with Crippen LogP contribution in [0.3, 0.4) is 0 Å². The third kappa shape index (κ3) is 6.89. The summed E-state index contributed by atoms with van der Waals surface area (Å²) in [7, 11) is 0. The van der Waals surface area contributed by atoms with Crippen LogP contribution in [0.1, 0.15) is 52.4 Å². The van der Waals surface area contributed by atoms with E-state index in [1.54, 1.807) is 0 Å². The van der Waals surface area contributed by atoms with Gasteiger partial charge >= 0.3 is 5.97 Å². The monoisotopic (exact) mass is 284 g/mol. The van der Waals surface area contributed by atoms with E-state index in [2.05, 4.69) is 24.5 Å². The van der Waals surface area contributed by atoms with Crippen LogP contribution in [0, 0.1) is 11.8 Å². The Balaban J connectivity index is 2.18. The topological polar surface area (TPSA) is 78.4 Å². The summed E-state index contributed by atoms with van der Waals surface area (Å²) < 4.78 is 0. The molecule has 1 rings (SSSR count). The van der Waals surface area contributed by atoms with Crippen LogP contribution >= 0.6 is 0 Å².